The molecule has 2 aliphatic rings. The van der Waals surface area contributed by atoms with Gasteiger partial charge < -0.3 is 19.7 Å². The second-order valence-corrected chi connectivity index (χ2v) is 13.1. The zero-order valence-corrected chi connectivity index (χ0v) is 27.7. The van der Waals surface area contributed by atoms with Crippen LogP contribution in [0.1, 0.15) is 62.0 Å². The number of alkyl halides is 7. The molecular weight excluding hydrogens is 702 g/mol. The SMILES string of the molecule is CCN1CC(C(=O)NNC(=O)c2cc3c(cc2F)C(F)(F)CC(NC(=O)OC(C)(C)C)C(=O)N3Cc2ccc(OC(F)(F)F)cc2)CC(F)(F)C1. The summed E-state index contributed by atoms with van der Waals surface area (Å²) in [6.45, 7) is 5.00. The number of likely N-dealkylation sites (tertiary alicyclic amines) is 1. The summed E-state index contributed by atoms with van der Waals surface area (Å²) in [4.78, 5) is 54.2. The molecule has 0 radical (unpaired) electrons. The maximum absolute atomic E-state index is 15.8. The molecule has 2 atom stereocenters. The van der Waals surface area contributed by atoms with Gasteiger partial charge in [0.15, 0.2) is 0 Å². The van der Waals surface area contributed by atoms with E-state index in [1.54, 1.807) is 6.92 Å². The van der Waals surface area contributed by atoms with Gasteiger partial charge in [-0.15, -0.1) is 13.2 Å². The first-order chi connectivity index (χ1) is 23.5. The number of hydrazine groups is 1. The lowest BCUT2D eigenvalue weighted by molar-refractivity contribution is -0.274. The third-order valence-corrected chi connectivity index (χ3v) is 7.82. The van der Waals surface area contributed by atoms with Crippen LogP contribution in [-0.2, 0) is 26.8 Å². The summed E-state index contributed by atoms with van der Waals surface area (Å²) in [6, 6.07) is 2.89. The van der Waals surface area contributed by atoms with Gasteiger partial charge in [-0.25, -0.2) is 26.7 Å². The molecule has 4 amide bonds. The lowest BCUT2D eigenvalue weighted by Crippen LogP contribution is -2.53. The molecule has 51 heavy (non-hydrogen) atoms. The minimum absolute atomic E-state index is 0.0606. The van der Waals surface area contributed by atoms with Gasteiger partial charge in [-0.3, -0.25) is 30.1 Å². The first-order valence-electron chi connectivity index (χ1n) is 15.5. The lowest BCUT2D eigenvalue weighted by Gasteiger charge is -2.36. The van der Waals surface area contributed by atoms with Crippen LogP contribution >= 0.6 is 0 Å². The molecule has 280 valence electrons. The highest BCUT2D eigenvalue weighted by Crippen LogP contribution is 2.44. The van der Waals surface area contributed by atoms with E-state index in [9.17, 15) is 41.1 Å². The standard InChI is InChI=1S/C32H35F8N5O6/c1-5-44-15-18(12-30(34,35)16-44)25(46)42-43-26(47)20-10-24-21(11-22(20)33)31(36,37)13-23(41-28(49)51-29(2,3)4)27(48)45(24)14-17-6-8-19(9-7-17)50-32(38,39)40/h6-11,18,23H,5,12-16H2,1-4H3,(H,41,49)(H,42,46)(H,43,47). The Kier molecular flexibility index (Phi) is 11.1. The first kappa shape index (κ1) is 39.1. The molecule has 1 saturated heterocycles. The number of carbonyl (C=O) groups excluding carboxylic acids is 4. The number of halogens is 8. The largest absolute Gasteiger partial charge is 0.573 e. The van der Waals surface area contributed by atoms with E-state index in [-0.39, 0.29) is 18.7 Å². The quantitative estimate of drug-likeness (QED) is 0.257. The molecule has 0 aliphatic carbocycles. The molecule has 11 nitrogen and oxygen atoms in total. The van der Waals surface area contributed by atoms with Gasteiger partial charge in [0.2, 0.25) is 11.8 Å². The van der Waals surface area contributed by atoms with Crippen LogP contribution in [0, 0.1) is 11.7 Å². The molecule has 19 heteroatoms. The molecule has 3 N–H and O–H groups in total. The van der Waals surface area contributed by atoms with Gasteiger partial charge in [-0.1, -0.05) is 19.1 Å². The van der Waals surface area contributed by atoms with Crippen LogP contribution in [0.2, 0.25) is 0 Å². The minimum Gasteiger partial charge on any atom is -0.444 e. The highest BCUT2D eigenvalue weighted by atomic mass is 19.4. The van der Waals surface area contributed by atoms with Crippen LogP contribution in [0.25, 0.3) is 0 Å². The maximum atomic E-state index is 15.8. The smallest absolute Gasteiger partial charge is 0.444 e. The molecule has 2 aromatic carbocycles. The summed E-state index contributed by atoms with van der Waals surface area (Å²) >= 11 is 0. The number of benzene rings is 2. The molecule has 2 aliphatic heterocycles. The molecule has 2 aromatic rings. The predicted molar refractivity (Wildman–Crippen MR) is 163 cm³/mol. The number of carbonyl (C=O) groups is 4. The maximum Gasteiger partial charge on any atom is 0.573 e. The number of anilines is 1. The van der Waals surface area contributed by atoms with Gasteiger partial charge in [0.25, 0.3) is 17.8 Å². The van der Waals surface area contributed by atoms with Crippen molar-refractivity contribution in [3.8, 4) is 5.75 Å². The van der Waals surface area contributed by atoms with Gasteiger partial charge in [-0.05, 0) is 57.1 Å². The van der Waals surface area contributed by atoms with Crippen LogP contribution in [0.4, 0.5) is 45.6 Å². The number of amides is 4. The van der Waals surface area contributed by atoms with E-state index in [4.69, 9.17) is 4.74 Å². The van der Waals surface area contributed by atoms with Crippen molar-refractivity contribution in [3.63, 3.8) is 0 Å². The third kappa shape index (κ3) is 10.2. The fourth-order valence-corrected chi connectivity index (χ4v) is 5.61. The number of ether oxygens (including phenoxy) is 2. The van der Waals surface area contributed by atoms with Crippen LogP contribution in [0.15, 0.2) is 36.4 Å². The number of alkyl carbamates (subject to hydrolysis) is 1. The van der Waals surface area contributed by atoms with E-state index in [1.165, 1.54) is 25.7 Å². The number of nitrogens with zero attached hydrogens (tertiary/aromatic N) is 2. The number of fused-ring (bicyclic) bond motifs is 1. The molecular formula is C32H35F8N5O6. The number of piperidine rings is 1. The molecule has 0 aromatic heterocycles. The third-order valence-electron chi connectivity index (χ3n) is 7.82. The van der Waals surface area contributed by atoms with Crippen molar-refractivity contribution in [2.45, 2.75) is 76.9 Å². The van der Waals surface area contributed by atoms with Gasteiger partial charge in [-0.2, -0.15) is 0 Å². The Morgan fingerprint density at radius 3 is 2.22 bits per heavy atom. The van der Waals surface area contributed by atoms with E-state index < -0.39 is 114 Å². The van der Waals surface area contributed by atoms with E-state index in [0.717, 1.165) is 24.3 Å². The van der Waals surface area contributed by atoms with Gasteiger partial charge in [0.1, 0.15) is 23.2 Å². The topological polar surface area (TPSA) is 129 Å². The van der Waals surface area contributed by atoms with Crippen molar-refractivity contribution in [2.24, 2.45) is 5.92 Å². The second-order valence-electron chi connectivity index (χ2n) is 13.1. The van der Waals surface area contributed by atoms with Crippen LogP contribution < -0.4 is 25.8 Å². The Morgan fingerprint density at radius 1 is 0.980 bits per heavy atom. The Bertz CT molecular complexity index is 1650. The molecule has 2 heterocycles. The van der Waals surface area contributed by atoms with Crippen molar-refractivity contribution in [1.82, 2.24) is 21.1 Å². The zero-order valence-electron chi connectivity index (χ0n) is 27.7. The summed E-state index contributed by atoms with van der Waals surface area (Å²) in [5.41, 5.74) is 0.0673. The van der Waals surface area contributed by atoms with Crippen molar-refractivity contribution >= 4 is 29.5 Å². The fourth-order valence-electron chi connectivity index (χ4n) is 5.61. The number of hydrogen-bond donors (Lipinski definition) is 3. The molecule has 2 unspecified atom stereocenters. The normalized spacial score (nSPS) is 20.5. The summed E-state index contributed by atoms with van der Waals surface area (Å²) in [5, 5.41) is 2.08. The highest BCUT2D eigenvalue weighted by Gasteiger charge is 2.47. The lowest BCUT2D eigenvalue weighted by atomic mass is 9.94. The van der Waals surface area contributed by atoms with E-state index >= 15 is 13.2 Å². The van der Waals surface area contributed by atoms with Crippen LogP contribution in [0.5, 0.6) is 5.75 Å². The van der Waals surface area contributed by atoms with Gasteiger partial charge in [0, 0.05) is 24.9 Å². The van der Waals surface area contributed by atoms with Crippen molar-refractivity contribution < 1.29 is 63.8 Å². The molecule has 0 bridgehead atoms. The number of nitrogens with one attached hydrogen (secondary N) is 3. The molecule has 0 spiro atoms. The minimum atomic E-state index is -5.02. The molecule has 4 rings (SSSR count). The van der Waals surface area contributed by atoms with Crippen molar-refractivity contribution in [2.75, 3.05) is 24.5 Å². The van der Waals surface area contributed by atoms with Crippen molar-refractivity contribution in [3.05, 3.63) is 58.9 Å². The Balaban J connectivity index is 1.68. The number of hydrogen-bond acceptors (Lipinski definition) is 7. The van der Waals surface area contributed by atoms with Crippen LogP contribution in [0.3, 0.4) is 0 Å². The van der Waals surface area contributed by atoms with Crippen LogP contribution in [-0.4, -0.2) is 72.3 Å². The zero-order chi connectivity index (χ0) is 38.1. The number of rotatable bonds is 7. The van der Waals surface area contributed by atoms with E-state index in [2.05, 4.69) is 10.1 Å². The van der Waals surface area contributed by atoms with Gasteiger partial charge in [0.05, 0.1) is 30.3 Å². The Morgan fingerprint density at radius 2 is 1.63 bits per heavy atom. The highest BCUT2D eigenvalue weighted by molar-refractivity contribution is 6.03. The summed E-state index contributed by atoms with van der Waals surface area (Å²) < 4.78 is 122. The van der Waals surface area contributed by atoms with Gasteiger partial charge >= 0.3 is 12.5 Å². The summed E-state index contributed by atoms with van der Waals surface area (Å²) in [5.74, 6) is -14.2. The van der Waals surface area contributed by atoms with Crippen molar-refractivity contribution in [1.29, 1.82) is 0 Å². The Labute approximate surface area is 286 Å². The van der Waals surface area contributed by atoms with E-state index in [0.29, 0.717) is 17.0 Å². The molecule has 1 fully saturated rings. The average Bonchev–Trinajstić information content (AvgIpc) is 3.06. The first-order valence-corrected chi connectivity index (χ1v) is 15.5. The summed E-state index contributed by atoms with van der Waals surface area (Å²) in [7, 11) is 0. The molecule has 0 saturated carbocycles. The van der Waals surface area contributed by atoms with E-state index in [1.807, 2.05) is 10.9 Å². The summed E-state index contributed by atoms with van der Waals surface area (Å²) in [6.07, 6.45) is -8.47. The second kappa shape index (κ2) is 14.5. The Hall–Kier alpha value is -4.68. The predicted octanol–water partition coefficient (Wildman–Crippen LogP) is 5.38. The fraction of sp³-hybridized carbons (Fsp3) is 0.500. The monoisotopic (exact) mass is 737 g/mol. The average molecular weight is 738 g/mol.